The Hall–Kier alpha value is -3.37. The van der Waals surface area contributed by atoms with Crippen LogP contribution in [0.15, 0.2) is 30.5 Å². The van der Waals surface area contributed by atoms with Gasteiger partial charge in [-0.1, -0.05) is 13.3 Å². The maximum Gasteiger partial charge on any atom is 0.343 e. The molecule has 1 N–H and O–H groups in total. The molecule has 10 heteroatoms. The van der Waals surface area contributed by atoms with Crippen molar-refractivity contribution in [1.82, 2.24) is 14.6 Å². The third kappa shape index (κ3) is 5.07. The van der Waals surface area contributed by atoms with Crippen molar-refractivity contribution < 1.29 is 28.8 Å². The van der Waals surface area contributed by atoms with Gasteiger partial charge in [-0.3, -0.25) is 0 Å². The minimum Gasteiger partial charge on any atom is -0.497 e. The number of carbonyl (C=O) groups is 1. The second kappa shape index (κ2) is 10.7. The summed E-state index contributed by atoms with van der Waals surface area (Å²) in [5.41, 5.74) is 2.04. The fourth-order valence-electron chi connectivity index (χ4n) is 3.90. The maximum atomic E-state index is 12.4. The van der Waals surface area contributed by atoms with Crippen LogP contribution in [-0.4, -0.2) is 78.9 Å². The molecule has 0 spiro atoms. The Balaban J connectivity index is 1.79. The molecule has 0 radical (unpaired) electrons. The Kier molecular flexibility index (Phi) is 7.49. The second-order valence-corrected chi connectivity index (χ2v) is 8.03. The third-order valence-electron chi connectivity index (χ3n) is 5.67. The molecule has 1 unspecified atom stereocenters. The van der Waals surface area contributed by atoms with Gasteiger partial charge in [-0.15, -0.1) is 0 Å². The normalized spacial score (nSPS) is 14.8. The lowest BCUT2D eigenvalue weighted by Gasteiger charge is -2.29. The van der Waals surface area contributed by atoms with E-state index in [0.717, 1.165) is 17.8 Å². The van der Waals surface area contributed by atoms with Gasteiger partial charge < -0.3 is 29.0 Å². The highest BCUT2D eigenvalue weighted by Gasteiger charge is 2.22. The molecule has 0 amide bonds. The van der Waals surface area contributed by atoms with Gasteiger partial charge in [-0.25, -0.2) is 9.78 Å². The Morgan fingerprint density at radius 3 is 2.65 bits per heavy atom. The minimum atomic E-state index is -0.545. The average Bonchev–Trinajstić information content (AvgIpc) is 3.31. The number of methoxy groups -OCH3 is 2. The molecule has 1 atom stereocenters. The highest BCUT2D eigenvalue weighted by molar-refractivity contribution is 5.96. The standard InChI is InChI=1S/C24H30N4O6/c1-4-5-17(29)15-34-19-11-16(10-18(12-19)31-2)21-13-22(27-6-8-33-9-7-27)28-23(26-21)20(14-25-28)24(30)32-3/h10-14,17,29H,4-9,15H2,1-3H3. The minimum absolute atomic E-state index is 0.182. The number of aromatic nitrogens is 3. The number of esters is 1. The van der Waals surface area contributed by atoms with E-state index >= 15 is 0 Å². The lowest BCUT2D eigenvalue weighted by atomic mass is 10.1. The van der Waals surface area contributed by atoms with Gasteiger partial charge >= 0.3 is 5.97 Å². The van der Waals surface area contributed by atoms with Crippen molar-refractivity contribution in [2.24, 2.45) is 0 Å². The Labute approximate surface area is 198 Å². The van der Waals surface area contributed by atoms with Crippen molar-refractivity contribution in [2.45, 2.75) is 25.9 Å². The van der Waals surface area contributed by atoms with Gasteiger partial charge in [0.05, 0.1) is 45.4 Å². The topological polar surface area (TPSA) is 108 Å². The van der Waals surface area contributed by atoms with Gasteiger partial charge in [0.25, 0.3) is 0 Å². The molecular formula is C24H30N4O6. The van der Waals surface area contributed by atoms with Gasteiger partial charge in [0.1, 0.15) is 29.5 Å². The van der Waals surface area contributed by atoms with Crippen LogP contribution in [0.25, 0.3) is 16.9 Å². The molecule has 1 saturated heterocycles. The fraction of sp³-hybridized carbons (Fsp3) is 0.458. The van der Waals surface area contributed by atoms with Gasteiger partial charge in [-0.2, -0.15) is 9.61 Å². The number of hydrogen-bond donors (Lipinski definition) is 1. The second-order valence-electron chi connectivity index (χ2n) is 8.03. The highest BCUT2D eigenvalue weighted by atomic mass is 16.5. The van der Waals surface area contributed by atoms with E-state index in [1.165, 1.54) is 13.3 Å². The van der Waals surface area contributed by atoms with Gasteiger partial charge in [0.15, 0.2) is 5.65 Å². The summed E-state index contributed by atoms with van der Waals surface area (Å²) < 4.78 is 23.4. The van der Waals surface area contributed by atoms with Crippen LogP contribution < -0.4 is 14.4 Å². The zero-order valence-electron chi connectivity index (χ0n) is 19.7. The number of rotatable bonds is 9. The molecule has 1 fully saturated rings. The van der Waals surface area contributed by atoms with E-state index in [1.54, 1.807) is 17.7 Å². The van der Waals surface area contributed by atoms with Gasteiger partial charge in [0, 0.05) is 30.8 Å². The summed E-state index contributed by atoms with van der Waals surface area (Å²) in [6.07, 6.45) is 2.46. The van der Waals surface area contributed by atoms with Crippen LogP contribution in [0, 0.1) is 0 Å². The van der Waals surface area contributed by atoms with Crippen molar-refractivity contribution in [2.75, 3.05) is 52.0 Å². The molecule has 10 nitrogen and oxygen atoms in total. The summed E-state index contributed by atoms with van der Waals surface area (Å²) in [5.74, 6) is 1.43. The Morgan fingerprint density at radius 2 is 1.94 bits per heavy atom. The summed E-state index contributed by atoms with van der Waals surface area (Å²) in [5, 5.41) is 14.5. The van der Waals surface area contributed by atoms with Gasteiger partial charge in [0.2, 0.25) is 0 Å². The lowest BCUT2D eigenvalue weighted by molar-refractivity contribution is 0.0602. The molecule has 34 heavy (non-hydrogen) atoms. The molecular weight excluding hydrogens is 440 g/mol. The van der Waals surface area contributed by atoms with E-state index in [9.17, 15) is 9.90 Å². The number of hydrogen-bond acceptors (Lipinski definition) is 9. The number of aliphatic hydroxyl groups is 1. The quantitative estimate of drug-likeness (QED) is 0.472. The molecule has 182 valence electrons. The predicted octanol–water partition coefficient (Wildman–Crippen LogP) is 2.57. The number of ether oxygens (including phenoxy) is 4. The Bertz CT molecular complexity index is 1140. The van der Waals surface area contributed by atoms with E-state index in [2.05, 4.69) is 10.00 Å². The van der Waals surface area contributed by atoms with E-state index in [-0.39, 0.29) is 12.2 Å². The van der Waals surface area contributed by atoms with E-state index < -0.39 is 12.1 Å². The molecule has 3 heterocycles. The van der Waals surface area contributed by atoms with E-state index in [4.69, 9.17) is 23.9 Å². The molecule has 0 saturated carbocycles. The first-order chi connectivity index (χ1) is 16.5. The number of nitrogens with zero attached hydrogens (tertiary/aromatic N) is 4. The van der Waals surface area contributed by atoms with Crippen molar-refractivity contribution in [3.05, 3.63) is 36.0 Å². The van der Waals surface area contributed by atoms with Crippen molar-refractivity contribution >= 4 is 17.4 Å². The molecule has 3 aromatic rings. The molecule has 1 aliphatic heterocycles. The van der Waals surface area contributed by atoms with Crippen molar-refractivity contribution in [3.8, 4) is 22.8 Å². The smallest absolute Gasteiger partial charge is 0.343 e. The SMILES string of the molecule is CCCC(O)COc1cc(OC)cc(-c2cc(N3CCOCC3)n3ncc(C(=O)OC)c3n2)c1. The third-order valence-corrected chi connectivity index (χ3v) is 5.67. The summed E-state index contributed by atoms with van der Waals surface area (Å²) in [4.78, 5) is 19.3. The number of fused-ring (bicyclic) bond motifs is 1. The van der Waals surface area contributed by atoms with Crippen LogP contribution >= 0.6 is 0 Å². The molecule has 2 aromatic heterocycles. The summed E-state index contributed by atoms with van der Waals surface area (Å²) in [7, 11) is 2.91. The van der Waals surface area contributed by atoms with Crippen LogP contribution in [0.3, 0.4) is 0 Å². The van der Waals surface area contributed by atoms with Crippen LogP contribution in [-0.2, 0) is 9.47 Å². The molecule has 0 bridgehead atoms. The zero-order chi connectivity index (χ0) is 24.1. The number of benzene rings is 1. The molecule has 1 aliphatic rings. The van der Waals surface area contributed by atoms with Crippen LogP contribution in [0.4, 0.5) is 5.82 Å². The summed E-state index contributed by atoms with van der Waals surface area (Å²) in [6.45, 7) is 4.77. The maximum absolute atomic E-state index is 12.4. The van der Waals surface area contributed by atoms with Crippen LogP contribution in [0.2, 0.25) is 0 Å². The monoisotopic (exact) mass is 470 g/mol. The average molecular weight is 471 g/mol. The number of anilines is 1. The predicted molar refractivity (Wildman–Crippen MR) is 126 cm³/mol. The summed E-state index contributed by atoms with van der Waals surface area (Å²) >= 11 is 0. The van der Waals surface area contributed by atoms with E-state index in [1.807, 2.05) is 25.1 Å². The molecule has 0 aliphatic carbocycles. The number of carbonyl (C=O) groups excluding carboxylic acids is 1. The van der Waals surface area contributed by atoms with Crippen molar-refractivity contribution in [1.29, 1.82) is 0 Å². The molecule has 4 rings (SSSR count). The first-order valence-corrected chi connectivity index (χ1v) is 11.3. The van der Waals surface area contributed by atoms with Crippen LogP contribution in [0.1, 0.15) is 30.1 Å². The van der Waals surface area contributed by atoms with Gasteiger partial charge in [-0.05, 0) is 18.6 Å². The number of morpholine rings is 1. The molecule has 1 aromatic carbocycles. The highest BCUT2D eigenvalue weighted by Crippen LogP contribution is 2.32. The number of aliphatic hydroxyl groups excluding tert-OH is 1. The largest absolute Gasteiger partial charge is 0.497 e. The first-order valence-electron chi connectivity index (χ1n) is 11.3. The fourth-order valence-corrected chi connectivity index (χ4v) is 3.90. The van der Waals surface area contributed by atoms with Crippen LogP contribution in [0.5, 0.6) is 11.5 Å². The lowest BCUT2D eigenvalue weighted by Crippen LogP contribution is -2.37. The first kappa shape index (κ1) is 23.8. The Morgan fingerprint density at radius 1 is 1.18 bits per heavy atom. The summed E-state index contributed by atoms with van der Waals surface area (Å²) in [6, 6.07) is 7.39. The van der Waals surface area contributed by atoms with E-state index in [0.29, 0.717) is 55.6 Å². The van der Waals surface area contributed by atoms with Crippen molar-refractivity contribution in [3.63, 3.8) is 0 Å². The zero-order valence-corrected chi connectivity index (χ0v) is 19.7.